The van der Waals surface area contributed by atoms with E-state index in [0.29, 0.717) is 16.3 Å². The molecule has 1 aliphatic heterocycles. The molecule has 1 aromatic carbocycles. The molecule has 0 bridgehead atoms. The maximum atomic E-state index is 9.85. The number of aromatic nitrogens is 3. The van der Waals surface area contributed by atoms with Crippen molar-refractivity contribution < 1.29 is 9.84 Å². The molecule has 4 aromatic rings. The van der Waals surface area contributed by atoms with Crippen LogP contribution in [-0.4, -0.2) is 64.0 Å². The van der Waals surface area contributed by atoms with Crippen LogP contribution in [0.1, 0.15) is 11.1 Å². The van der Waals surface area contributed by atoms with Crippen LogP contribution in [0.2, 0.25) is 5.02 Å². The molecular formula is C25H25ClN6O2. The minimum atomic E-state index is -0.129. The number of benzene rings is 1. The van der Waals surface area contributed by atoms with Gasteiger partial charge in [0.1, 0.15) is 11.4 Å². The van der Waals surface area contributed by atoms with E-state index >= 15 is 0 Å². The number of halogens is 1. The highest BCUT2D eigenvalue weighted by Crippen LogP contribution is 2.34. The molecule has 0 spiro atoms. The Bertz CT molecular complexity index is 1320. The molecule has 0 unspecified atom stereocenters. The number of methoxy groups -OCH3 is 1. The molecule has 3 aromatic heterocycles. The lowest BCUT2D eigenvalue weighted by Crippen LogP contribution is -2.44. The third kappa shape index (κ3) is 4.55. The number of aliphatic hydroxyl groups excluding tert-OH is 1. The van der Waals surface area contributed by atoms with Crippen molar-refractivity contribution in [1.82, 2.24) is 19.4 Å². The summed E-state index contributed by atoms with van der Waals surface area (Å²) >= 11 is 6.34. The van der Waals surface area contributed by atoms with Gasteiger partial charge in [-0.2, -0.15) is 5.10 Å². The number of nitrogens with zero attached hydrogens (tertiary/aromatic N) is 6. The molecule has 5 rings (SSSR count). The van der Waals surface area contributed by atoms with E-state index in [1.165, 1.54) is 0 Å². The zero-order chi connectivity index (χ0) is 23.5. The zero-order valence-corrected chi connectivity index (χ0v) is 19.6. The average Bonchev–Trinajstić information content (AvgIpc) is 3.31. The predicted octanol–water partition coefficient (Wildman–Crippen LogP) is 3.71. The molecule has 1 N–H and O–H groups in total. The Kier molecular flexibility index (Phi) is 6.33. The SMILES string of the molecule is COc1cc(CO)c(-c2cn3ccc(N4CCN(/N=C\c5ccncc5)CC4)cc3n2)cc1Cl. The van der Waals surface area contributed by atoms with Crippen LogP contribution in [0, 0.1) is 0 Å². The second-order valence-corrected chi connectivity index (χ2v) is 8.45. The molecule has 0 amide bonds. The lowest BCUT2D eigenvalue weighted by atomic mass is 10.1. The summed E-state index contributed by atoms with van der Waals surface area (Å²) in [6.07, 6.45) is 9.37. The number of ether oxygens (including phenoxy) is 1. The summed E-state index contributed by atoms with van der Waals surface area (Å²) in [6.45, 7) is 3.31. The van der Waals surface area contributed by atoms with Gasteiger partial charge in [-0.1, -0.05) is 11.6 Å². The van der Waals surface area contributed by atoms with Crippen molar-refractivity contribution in [2.75, 3.05) is 38.2 Å². The number of fused-ring (bicyclic) bond motifs is 1. The summed E-state index contributed by atoms with van der Waals surface area (Å²) in [5.41, 5.74) is 5.26. The van der Waals surface area contributed by atoms with Gasteiger partial charge in [0.2, 0.25) is 0 Å². The van der Waals surface area contributed by atoms with Crippen LogP contribution in [0.4, 0.5) is 5.69 Å². The molecule has 4 heterocycles. The van der Waals surface area contributed by atoms with Crippen LogP contribution in [-0.2, 0) is 6.61 Å². The van der Waals surface area contributed by atoms with Crippen LogP contribution in [0.15, 0.2) is 66.3 Å². The zero-order valence-electron chi connectivity index (χ0n) is 18.8. The van der Waals surface area contributed by atoms with Gasteiger partial charge < -0.3 is 19.1 Å². The molecule has 8 nitrogen and oxygen atoms in total. The Labute approximate surface area is 202 Å². The fourth-order valence-corrected chi connectivity index (χ4v) is 4.33. The summed E-state index contributed by atoms with van der Waals surface area (Å²) in [7, 11) is 1.56. The number of rotatable bonds is 6. The van der Waals surface area contributed by atoms with E-state index in [0.717, 1.165) is 54.3 Å². The van der Waals surface area contributed by atoms with E-state index in [-0.39, 0.29) is 6.61 Å². The third-order valence-electron chi connectivity index (χ3n) is 5.97. The standard InChI is InChI=1S/C25H25ClN6O2/c1-34-24-12-19(17-33)21(14-22(24)26)23-16-31-7-4-20(13-25(31)29-23)30-8-10-32(11-9-30)28-15-18-2-5-27-6-3-18/h2-7,12-16,33H,8-11,17H2,1H3/b28-15-. The van der Waals surface area contributed by atoms with Gasteiger partial charge in [0.25, 0.3) is 0 Å². The lowest BCUT2D eigenvalue weighted by Gasteiger charge is -2.34. The number of hydrogen-bond donors (Lipinski definition) is 1. The number of imidazole rings is 1. The normalized spacial score (nSPS) is 14.3. The molecule has 0 aliphatic carbocycles. The number of pyridine rings is 2. The first-order valence-corrected chi connectivity index (χ1v) is 11.4. The largest absolute Gasteiger partial charge is 0.495 e. The van der Waals surface area contributed by atoms with E-state index in [1.807, 2.05) is 35.1 Å². The molecule has 9 heteroatoms. The number of anilines is 1. The van der Waals surface area contributed by atoms with Crippen molar-refractivity contribution in [2.24, 2.45) is 5.10 Å². The minimum absolute atomic E-state index is 0.129. The van der Waals surface area contributed by atoms with Crippen molar-refractivity contribution in [1.29, 1.82) is 0 Å². The molecule has 1 fully saturated rings. The summed E-state index contributed by atoms with van der Waals surface area (Å²) in [4.78, 5) is 11.2. The quantitative estimate of drug-likeness (QED) is 0.427. The van der Waals surface area contributed by atoms with Gasteiger partial charge in [-0.05, 0) is 41.5 Å². The predicted molar refractivity (Wildman–Crippen MR) is 134 cm³/mol. The number of hydrogen-bond acceptors (Lipinski definition) is 7. The van der Waals surface area contributed by atoms with E-state index in [1.54, 1.807) is 31.6 Å². The average molecular weight is 477 g/mol. The van der Waals surface area contributed by atoms with E-state index in [9.17, 15) is 5.11 Å². The number of hydrazone groups is 1. The Hall–Kier alpha value is -3.62. The Balaban J connectivity index is 1.32. The maximum absolute atomic E-state index is 9.85. The van der Waals surface area contributed by atoms with Gasteiger partial charge in [-0.15, -0.1) is 0 Å². The highest BCUT2D eigenvalue weighted by Gasteiger charge is 2.18. The molecule has 34 heavy (non-hydrogen) atoms. The molecule has 0 radical (unpaired) electrons. The van der Waals surface area contributed by atoms with Crippen molar-refractivity contribution in [3.05, 3.63) is 77.3 Å². The first kappa shape index (κ1) is 22.2. The van der Waals surface area contributed by atoms with Crippen LogP contribution >= 0.6 is 11.6 Å². The molecule has 1 saturated heterocycles. The van der Waals surface area contributed by atoms with Gasteiger partial charge in [-0.25, -0.2) is 4.98 Å². The van der Waals surface area contributed by atoms with Crippen molar-refractivity contribution in [3.8, 4) is 17.0 Å². The van der Waals surface area contributed by atoms with Gasteiger partial charge in [0, 0.05) is 55.2 Å². The summed E-state index contributed by atoms with van der Waals surface area (Å²) in [5, 5.41) is 17.0. The molecule has 0 saturated carbocycles. The summed E-state index contributed by atoms with van der Waals surface area (Å²) in [6, 6.07) is 11.6. The Morgan fingerprint density at radius 2 is 1.91 bits per heavy atom. The molecule has 1 aliphatic rings. The number of aliphatic hydroxyl groups is 1. The number of piperazine rings is 1. The Morgan fingerprint density at radius 1 is 1.12 bits per heavy atom. The molecular weight excluding hydrogens is 452 g/mol. The van der Waals surface area contributed by atoms with Crippen LogP contribution in [0.5, 0.6) is 5.75 Å². The Morgan fingerprint density at radius 3 is 2.65 bits per heavy atom. The smallest absolute Gasteiger partial charge is 0.139 e. The molecule has 0 atom stereocenters. The van der Waals surface area contributed by atoms with Gasteiger partial charge in [-0.3, -0.25) is 9.99 Å². The maximum Gasteiger partial charge on any atom is 0.139 e. The minimum Gasteiger partial charge on any atom is -0.495 e. The van der Waals surface area contributed by atoms with Crippen LogP contribution in [0.3, 0.4) is 0 Å². The monoisotopic (exact) mass is 476 g/mol. The van der Waals surface area contributed by atoms with Crippen LogP contribution < -0.4 is 9.64 Å². The second-order valence-electron chi connectivity index (χ2n) is 8.04. The highest BCUT2D eigenvalue weighted by atomic mass is 35.5. The second kappa shape index (κ2) is 9.70. The van der Waals surface area contributed by atoms with E-state index in [2.05, 4.69) is 32.1 Å². The lowest BCUT2D eigenvalue weighted by molar-refractivity contribution is 0.272. The fourth-order valence-electron chi connectivity index (χ4n) is 4.09. The van der Waals surface area contributed by atoms with Crippen LogP contribution in [0.25, 0.3) is 16.9 Å². The first-order valence-electron chi connectivity index (χ1n) is 11.0. The third-order valence-corrected chi connectivity index (χ3v) is 6.26. The topological polar surface area (TPSA) is 78.5 Å². The van der Waals surface area contributed by atoms with Crippen molar-refractivity contribution in [3.63, 3.8) is 0 Å². The van der Waals surface area contributed by atoms with Gasteiger partial charge >= 0.3 is 0 Å². The highest BCUT2D eigenvalue weighted by molar-refractivity contribution is 6.32. The van der Waals surface area contributed by atoms with Crippen molar-refractivity contribution >= 4 is 29.2 Å². The van der Waals surface area contributed by atoms with Gasteiger partial charge in [0.15, 0.2) is 0 Å². The summed E-state index contributed by atoms with van der Waals surface area (Å²) in [5.74, 6) is 0.532. The molecule has 174 valence electrons. The van der Waals surface area contributed by atoms with Crippen molar-refractivity contribution in [2.45, 2.75) is 6.61 Å². The van der Waals surface area contributed by atoms with E-state index < -0.39 is 0 Å². The fraction of sp³-hybridized carbons (Fsp3) is 0.240. The van der Waals surface area contributed by atoms with E-state index in [4.69, 9.17) is 21.3 Å². The summed E-state index contributed by atoms with van der Waals surface area (Å²) < 4.78 is 7.26. The van der Waals surface area contributed by atoms with Gasteiger partial charge in [0.05, 0.1) is 43.7 Å². The first-order chi connectivity index (χ1) is 16.6.